The Morgan fingerprint density at radius 3 is 2.61 bits per heavy atom. The first-order valence-electron chi connectivity index (χ1n) is 9.09. The van der Waals surface area contributed by atoms with Crippen LogP contribution in [-0.4, -0.2) is 44.0 Å². The van der Waals surface area contributed by atoms with Gasteiger partial charge < -0.3 is 19.7 Å². The van der Waals surface area contributed by atoms with Gasteiger partial charge in [0, 0.05) is 35.4 Å². The number of benzene rings is 2. The third-order valence-corrected chi connectivity index (χ3v) is 5.04. The Labute approximate surface area is 169 Å². The molecule has 1 saturated heterocycles. The van der Waals surface area contributed by atoms with Crippen molar-refractivity contribution < 1.29 is 19.1 Å². The number of halogens is 1. The lowest BCUT2D eigenvalue weighted by Crippen LogP contribution is -2.43. The van der Waals surface area contributed by atoms with Gasteiger partial charge >= 0.3 is 0 Å². The molecule has 1 N–H and O–H groups in total. The number of hydrogen-bond acceptors (Lipinski definition) is 4. The Kier molecular flexibility index (Phi) is 6.41. The highest BCUT2D eigenvalue weighted by Crippen LogP contribution is 2.30. The highest BCUT2D eigenvalue weighted by atomic mass is 35.5. The average Bonchev–Trinajstić information content (AvgIpc) is 2.73. The highest BCUT2D eigenvalue weighted by Gasteiger charge is 2.29. The minimum Gasteiger partial charge on any atom is -0.493 e. The molecule has 2 aromatic carbocycles. The molecule has 0 spiro atoms. The van der Waals surface area contributed by atoms with Crippen LogP contribution in [-0.2, 0) is 4.79 Å². The van der Waals surface area contributed by atoms with E-state index in [1.165, 1.54) is 0 Å². The van der Waals surface area contributed by atoms with Gasteiger partial charge in [0.25, 0.3) is 5.91 Å². The van der Waals surface area contributed by atoms with Crippen LogP contribution in [0.15, 0.2) is 42.5 Å². The second-order valence-electron chi connectivity index (χ2n) is 6.66. The van der Waals surface area contributed by atoms with Gasteiger partial charge in [-0.1, -0.05) is 17.7 Å². The van der Waals surface area contributed by atoms with Gasteiger partial charge in [-0.25, -0.2) is 0 Å². The quantitative estimate of drug-likeness (QED) is 0.824. The molecule has 1 aliphatic rings. The first-order chi connectivity index (χ1) is 13.5. The van der Waals surface area contributed by atoms with Gasteiger partial charge in [0.2, 0.25) is 5.91 Å². The molecule has 6 nitrogen and oxygen atoms in total. The van der Waals surface area contributed by atoms with Crippen molar-refractivity contribution in [2.75, 3.05) is 32.6 Å². The lowest BCUT2D eigenvalue weighted by molar-refractivity contribution is -0.121. The number of likely N-dealkylation sites (tertiary alicyclic amines) is 1. The fourth-order valence-electron chi connectivity index (χ4n) is 3.34. The molecule has 7 heteroatoms. The van der Waals surface area contributed by atoms with Crippen molar-refractivity contribution in [3.05, 3.63) is 53.1 Å². The summed E-state index contributed by atoms with van der Waals surface area (Å²) in [5, 5.41) is 3.43. The number of piperidine rings is 1. The summed E-state index contributed by atoms with van der Waals surface area (Å²) in [6.07, 6.45) is 1.51. The molecule has 3 rings (SSSR count). The molecule has 28 heavy (non-hydrogen) atoms. The van der Waals surface area contributed by atoms with Crippen LogP contribution in [0.4, 0.5) is 5.69 Å². The van der Waals surface area contributed by atoms with Gasteiger partial charge in [-0.3, -0.25) is 9.59 Å². The zero-order chi connectivity index (χ0) is 20.1. The molecule has 2 aromatic rings. The van der Waals surface area contributed by atoms with Gasteiger partial charge in [-0.2, -0.15) is 0 Å². The van der Waals surface area contributed by atoms with E-state index < -0.39 is 0 Å². The van der Waals surface area contributed by atoms with Crippen molar-refractivity contribution in [2.45, 2.75) is 12.8 Å². The van der Waals surface area contributed by atoms with Crippen LogP contribution in [0.25, 0.3) is 0 Å². The van der Waals surface area contributed by atoms with Crippen molar-refractivity contribution >= 4 is 29.1 Å². The molecule has 0 unspecified atom stereocenters. The summed E-state index contributed by atoms with van der Waals surface area (Å²) in [7, 11) is 3.10. The van der Waals surface area contributed by atoms with Gasteiger partial charge in [-0.05, 0) is 43.2 Å². The summed E-state index contributed by atoms with van der Waals surface area (Å²) in [6.45, 7) is 1.01. The van der Waals surface area contributed by atoms with E-state index in [0.29, 0.717) is 40.9 Å². The molecular weight excluding hydrogens is 380 g/mol. The number of nitrogens with zero attached hydrogens (tertiary/aromatic N) is 1. The van der Waals surface area contributed by atoms with Crippen LogP contribution < -0.4 is 14.8 Å². The van der Waals surface area contributed by atoms with Gasteiger partial charge in [-0.15, -0.1) is 0 Å². The SMILES string of the molecule is COc1ccc(NC(=O)[C@H]2CCCN(C(=O)c3cccc(Cl)c3)C2)cc1OC. The Bertz CT molecular complexity index is 871. The lowest BCUT2D eigenvalue weighted by atomic mass is 9.96. The topological polar surface area (TPSA) is 67.9 Å². The second kappa shape index (κ2) is 8.97. The number of carbonyl (C=O) groups excluding carboxylic acids is 2. The van der Waals surface area contributed by atoms with Gasteiger partial charge in [0.05, 0.1) is 20.1 Å². The third-order valence-electron chi connectivity index (χ3n) is 4.80. The number of carbonyl (C=O) groups is 2. The van der Waals surface area contributed by atoms with Crippen LogP contribution in [0.1, 0.15) is 23.2 Å². The Morgan fingerprint density at radius 1 is 1.11 bits per heavy atom. The molecule has 2 amide bonds. The van der Waals surface area contributed by atoms with Crippen LogP contribution in [0, 0.1) is 5.92 Å². The van der Waals surface area contributed by atoms with Crippen molar-refractivity contribution in [2.24, 2.45) is 5.92 Å². The van der Waals surface area contributed by atoms with Crippen molar-refractivity contribution in [3.8, 4) is 11.5 Å². The number of nitrogens with one attached hydrogen (secondary N) is 1. The van der Waals surface area contributed by atoms with Crippen LogP contribution >= 0.6 is 11.6 Å². The monoisotopic (exact) mass is 402 g/mol. The van der Waals surface area contributed by atoms with Crippen LogP contribution in [0.5, 0.6) is 11.5 Å². The normalized spacial score (nSPS) is 16.4. The van der Waals surface area contributed by atoms with E-state index in [2.05, 4.69) is 5.32 Å². The number of rotatable bonds is 5. The molecule has 1 aliphatic heterocycles. The number of hydrogen-bond donors (Lipinski definition) is 1. The fourth-order valence-corrected chi connectivity index (χ4v) is 3.53. The lowest BCUT2D eigenvalue weighted by Gasteiger charge is -2.32. The van der Waals surface area contributed by atoms with E-state index in [0.717, 1.165) is 12.8 Å². The number of methoxy groups -OCH3 is 2. The predicted molar refractivity (Wildman–Crippen MR) is 108 cm³/mol. The van der Waals surface area contributed by atoms with Gasteiger partial charge in [0.1, 0.15) is 0 Å². The average molecular weight is 403 g/mol. The second-order valence-corrected chi connectivity index (χ2v) is 7.10. The molecule has 1 heterocycles. The maximum Gasteiger partial charge on any atom is 0.253 e. The summed E-state index contributed by atoms with van der Waals surface area (Å²) in [5.74, 6) is 0.644. The van der Waals surface area contributed by atoms with Crippen LogP contribution in [0.3, 0.4) is 0 Å². The molecule has 1 fully saturated rings. The van der Waals surface area contributed by atoms with Gasteiger partial charge in [0.15, 0.2) is 11.5 Å². The summed E-state index contributed by atoms with van der Waals surface area (Å²) in [6, 6.07) is 12.1. The van der Waals surface area contributed by atoms with Crippen molar-refractivity contribution in [1.82, 2.24) is 4.90 Å². The smallest absolute Gasteiger partial charge is 0.253 e. The van der Waals surface area contributed by atoms with E-state index in [4.69, 9.17) is 21.1 Å². The molecule has 0 radical (unpaired) electrons. The maximum atomic E-state index is 12.7. The Balaban J connectivity index is 1.67. The molecular formula is C21H23ClN2O4. The van der Waals surface area contributed by atoms with E-state index in [1.54, 1.807) is 61.6 Å². The minimum absolute atomic E-state index is 0.105. The zero-order valence-electron chi connectivity index (χ0n) is 15.9. The Morgan fingerprint density at radius 2 is 1.89 bits per heavy atom. The van der Waals surface area contributed by atoms with E-state index in [-0.39, 0.29) is 17.7 Å². The highest BCUT2D eigenvalue weighted by molar-refractivity contribution is 6.30. The molecule has 0 saturated carbocycles. The molecule has 0 aliphatic carbocycles. The minimum atomic E-state index is -0.273. The Hall–Kier alpha value is -2.73. The summed E-state index contributed by atoms with van der Waals surface area (Å²) in [5.41, 5.74) is 1.16. The van der Waals surface area contributed by atoms with Crippen molar-refractivity contribution in [1.29, 1.82) is 0 Å². The molecule has 0 bridgehead atoms. The standard InChI is InChI=1S/C21H23ClN2O4/c1-27-18-9-8-17(12-19(18)28-2)23-20(25)15-6-4-10-24(13-15)21(26)14-5-3-7-16(22)11-14/h3,5,7-9,11-12,15H,4,6,10,13H2,1-2H3,(H,23,25)/t15-/m0/s1. The van der Waals surface area contributed by atoms with E-state index in [9.17, 15) is 9.59 Å². The van der Waals surface area contributed by atoms with Crippen molar-refractivity contribution in [3.63, 3.8) is 0 Å². The largest absolute Gasteiger partial charge is 0.493 e. The molecule has 1 atom stereocenters. The number of ether oxygens (including phenoxy) is 2. The first-order valence-corrected chi connectivity index (χ1v) is 9.47. The zero-order valence-corrected chi connectivity index (χ0v) is 16.7. The van der Waals surface area contributed by atoms with E-state index in [1.807, 2.05) is 0 Å². The number of amides is 2. The number of anilines is 1. The summed E-state index contributed by atoms with van der Waals surface area (Å²) >= 11 is 5.99. The third kappa shape index (κ3) is 4.57. The fraction of sp³-hybridized carbons (Fsp3) is 0.333. The summed E-state index contributed by atoms with van der Waals surface area (Å²) in [4.78, 5) is 27.2. The molecule has 0 aromatic heterocycles. The maximum absolute atomic E-state index is 12.7. The van der Waals surface area contributed by atoms with E-state index >= 15 is 0 Å². The predicted octanol–water partition coefficient (Wildman–Crippen LogP) is 3.85. The summed E-state index contributed by atoms with van der Waals surface area (Å²) < 4.78 is 10.5. The molecule has 148 valence electrons. The first kappa shape index (κ1) is 20.0. The van der Waals surface area contributed by atoms with Crippen LogP contribution in [0.2, 0.25) is 5.02 Å².